The van der Waals surface area contributed by atoms with Crippen molar-refractivity contribution in [3.63, 3.8) is 0 Å². The Morgan fingerprint density at radius 1 is 1.50 bits per heavy atom. The number of hydrogen-bond donors (Lipinski definition) is 0. The molecule has 2 fully saturated rings. The topological polar surface area (TPSA) is 26.3 Å². The van der Waals surface area contributed by atoms with Crippen LogP contribution in [0.1, 0.15) is 32.1 Å². The lowest BCUT2D eigenvalue weighted by molar-refractivity contribution is -0.130. The molecule has 2 aliphatic carbocycles. The SMILES string of the molecule is C#CCO[C@H]([C@@H]1CC1=C)[C@@H]1CCCCC1=O. The zero-order valence-corrected chi connectivity index (χ0v) is 9.58. The van der Waals surface area contributed by atoms with Crippen LogP contribution in [0.5, 0.6) is 0 Å². The Morgan fingerprint density at radius 3 is 2.81 bits per heavy atom. The molecule has 0 aliphatic heterocycles. The maximum absolute atomic E-state index is 11.9. The highest BCUT2D eigenvalue weighted by atomic mass is 16.5. The third-order valence-electron chi connectivity index (χ3n) is 3.60. The van der Waals surface area contributed by atoms with Crippen LogP contribution in [0.4, 0.5) is 0 Å². The lowest BCUT2D eigenvalue weighted by atomic mass is 9.82. The number of carbonyl (C=O) groups is 1. The minimum Gasteiger partial charge on any atom is -0.364 e. The van der Waals surface area contributed by atoms with Gasteiger partial charge in [0.1, 0.15) is 12.4 Å². The largest absolute Gasteiger partial charge is 0.364 e. The minimum absolute atomic E-state index is 0.00338. The average Bonchev–Trinajstić information content (AvgIpc) is 2.99. The summed E-state index contributed by atoms with van der Waals surface area (Å²) in [6, 6.07) is 0. The van der Waals surface area contributed by atoms with Gasteiger partial charge in [-0.05, 0) is 19.3 Å². The van der Waals surface area contributed by atoms with Gasteiger partial charge in [-0.15, -0.1) is 6.42 Å². The van der Waals surface area contributed by atoms with Crippen molar-refractivity contribution in [2.24, 2.45) is 11.8 Å². The van der Waals surface area contributed by atoms with E-state index in [1.54, 1.807) is 0 Å². The van der Waals surface area contributed by atoms with Crippen LogP contribution in [0, 0.1) is 24.2 Å². The Balaban J connectivity index is 2.02. The maximum atomic E-state index is 11.9. The van der Waals surface area contributed by atoms with Gasteiger partial charge < -0.3 is 4.74 Å². The molecule has 3 atom stereocenters. The molecule has 16 heavy (non-hydrogen) atoms. The molecule has 0 amide bonds. The summed E-state index contributed by atoms with van der Waals surface area (Å²) >= 11 is 0. The van der Waals surface area contributed by atoms with Gasteiger partial charge in [0.15, 0.2) is 0 Å². The summed E-state index contributed by atoms with van der Waals surface area (Å²) in [6.45, 7) is 4.26. The maximum Gasteiger partial charge on any atom is 0.138 e. The van der Waals surface area contributed by atoms with Crippen molar-refractivity contribution in [1.29, 1.82) is 0 Å². The van der Waals surface area contributed by atoms with Crippen LogP contribution < -0.4 is 0 Å². The van der Waals surface area contributed by atoms with Crippen LogP contribution in [0.2, 0.25) is 0 Å². The second kappa shape index (κ2) is 4.84. The number of ether oxygens (including phenoxy) is 1. The molecule has 0 spiro atoms. The lowest BCUT2D eigenvalue weighted by Gasteiger charge is -2.28. The molecule has 0 N–H and O–H groups in total. The van der Waals surface area contributed by atoms with E-state index >= 15 is 0 Å². The first-order valence-corrected chi connectivity index (χ1v) is 5.99. The first kappa shape index (κ1) is 11.4. The summed E-state index contributed by atoms with van der Waals surface area (Å²) in [6.07, 6.45) is 10.0. The highest BCUT2D eigenvalue weighted by Gasteiger charge is 2.43. The van der Waals surface area contributed by atoms with E-state index in [-0.39, 0.29) is 12.0 Å². The van der Waals surface area contributed by atoms with Crippen molar-refractivity contribution >= 4 is 5.78 Å². The molecule has 2 nitrogen and oxygen atoms in total. The van der Waals surface area contributed by atoms with E-state index in [0.29, 0.717) is 24.7 Å². The van der Waals surface area contributed by atoms with Crippen molar-refractivity contribution < 1.29 is 9.53 Å². The quantitative estimate of drug-likeness (QED) is 0.535. The van der Waals surface area contributed by atoms with Gasteiger partial charge in [-0.2, -0.15) is 0 Å². The Kier molecular flexibility index (Phi) is 3.46. The van der Waals surface area contributed by atoms with E-state index in [4.69, 9.17) is 11.2 Å². The van der Waals surface area contributed by atoms with Gasteiger partial charge in [0.05, 0.1) is 6.10 Å². The summed E-state index contributed by atoms with van der Waals surface area (Å²) in [5, 5.41) is 0. The van der Waals surface area contributed by atoms with Crippen molar-refractivity contribution in [1.82, 2.24) is 0 Å². The molecule has 0 heterocycles. The number of terminal acetylenes is 1. The van der Waals surface area contributed by atoms with E-state index in [1.165, 1.54) is 5.57 Å². The fraction of sp³-hybridized carbons (Fsp3) is 0.643. The van der Waals surface area contributed by atoms with Gasteiger partial charge in [0.2, 0.25) is 0 Å². The molecule has 0 radical (unpaired) electrons. The van der Waals surface area contributed by atoms with E-state index in [9.17, 15) is 4.79 Å². The number of carbonyl (C=O) groups excluding carboxylic acids is 1. The van der Waals surface area contributed by atoms with E-state index in [0.717, 1.165) is 25.7 Å². The molecule has 0 unspecified atom stereocenters. The monoisotopic (exact) mass is 218 g/mol. The molecule has 2 saturated carbocycles. The predicted octanol–water partition coefficient (Wildman–Crippen LogP) is 2.34. The Labute approximate surface area is 97.1 Å². The number of Topliss-reactive ketones (excluding diaryl/α,β-unsaturated/α-hetero) is 1. The molecule has 0 aromatic rings. The number of hydrogen-bond acceptors (Lipinski definition) is 2. The van der Waals surface area contributed by atoms with Gasteiger partial charge in [-0.25, -0.2) is 0 Å². The average molecular weight is 218 g/mol. The Bertz CT molecular complexity index is 337. The van der Waals surface area contributed by atoms with Gasteiger partial charge in [0.25, 0.3) is 0 Å². The number of ketones is 1. The highest BCUT2D eigenvalue weighted by molar-refractivity contribution is 5.82. The first-order chi connectivity index (χ1) is 7.74. The van der Waals surface area contributed by atoms with E-state index < -0.39 is 0 Å². The van der Waals surface area contributed by atoms with Gasteiger partial charge >= 0.3 is 0 Å². The van der Waals surface area contributed by atoms with Gasteiger partial charge in [-0.3, -0.25) is 4.79 Å². The molecule has 0 aromatic heterocycles. The Hall–Kier alpha value is -1.07. The molecule has 0 bridgehead atoms. The van der Waals surface area contributed by atoms with E-state index in [2.05, 4.69) is 12.5 Å². The van der Waals surface area contributed by atoms with Crippen LogP contribution in [0.3, 0.4) is 0 Å². The summed E-state index contributed by atoms with van der Waals surface area (Å²) in [5.41, 5.74) is 1.21. The summed E-state index contributed by atoms with van der Waals surface area (Å²) in [5.74, 6) is 3.28. The Morgan fingerprint density at radius 2 is 2.25 bits per heavy atom. The standard InChI is InChI=1S/C14H18O2/c1-3-8-16-14(12-9-10(12)2)11-6-4-5-7-13(11)15/h1,11-12,14H,2,4-9H2/t11-,12-,14+/m1/s1. The molecule has 0 aromatic carbocycles. The normalized spacial score (nSPS) is 30.9. The third-order valence-corrected chi connectivity index (χ3v) is 3.60. The second-order valence-electron chi connectivity index (χ2n) is 4.77. The number of rotatable bonds is 4. The van der Waals surface area contributed by atoms with Crippen LogP contribution in [-0.4, -0.2) is 18.5 Å². The van der Waals surface area contributed by atoms with E-state index in [1.807, 2.05) is 0 Å². The van der Waals surface area contributed by atoms with Gasteiger partial charge in [-0.1, -0.05) is 24.5 Å². The lowest BCUT2D eigenvalue weighted by Crippen LogP contribution is -2.34. The summed E-state index contributed by atoms with van der Waals surface area (Å²) < 4.78 is 5.68. The zero-order valence-electron chi connectivity index (χ0n) is 9.58. The van der Waals surface area contributed by atoms with Crippen molar-refractivity contribution in [3.05, 3.63) is 12.2 Å². The molecule has 2 aliphatic rings. The zero-order chi connectivity index (χ0) is 11.5. The predicted molar refractivity (Wildman–Crippen MR) is 62.8 cm³/mol. The fourth-order valence-electron chi connectivity index (χ4n) is 2.59. The van der Waals surface area contributed by atoms with Gasteiger partial charge in [0, 0.05) is 18.3 Å². The molecular weight excluding hydrogens is 200 g/mol. The summed E-state index contributed by atoms with van der Waals surface area (Å²) in [7, 11) is 0. The molecule has 0 saturated heterocycles. The van der Waals surface area contributed by atoms with Crippen LogP contribution in [0.25, 0.3) is 0 Å². The van der Waals surface area contributed by atoms with Crippen molar-refractivity contribution in [2.45, 2.75) is 38.2 Å². The molecule has 2 heteroatoms. The van der Waals surface area contributed by atoms with Crippen molar-refractivity contribution in [3.8, 4) is 12.3 Å². The van der Waals surface area contributed by atoms with Crippen LogP contribution in [0.15, 0.2) is 12.2 Å². The molecule has 86 valence electrons. The fourth-order valence-corrected chi connectivity index (χ4v) is 2.59. The first-order valence-electron chi connectivity index (χ1n) is 5.99. The smallest absolute Gasteiger partial charge is 0.138 e. The van der Waals surface area contributed by atoms with Crippen molar-refractivity contribution in [2.75, 3.05) is 6.61 Å². The third kappa shape index (κ3) is 2.36. The second-order valence-corrected chi connectivity index (χ2v) is 4.77. The highest BCUT2D eigenvalue weighted by Crippen LogP contribution is 2.44. The molecular formula is C14H18O2. The van der Waals surface area contributed by atoms with Crippen LogP contribution in [-0.2, 0) is 9.53 Å². The summed E-state index contributed by atoms with van der Waals surface area (Å²) in [4.78, 5) is 11.9. The minimum atomic E-state index is -0.00338. The van der Waals surface area contributed by atoms with Crippen LogP contribution >= 0.6 is 0 Å². The molecule has 2 rings (SSSR count).